The molecule has 21 heavy (non-hydrogen) atoms. The van der Waals surface area contributed by atoms with Crippen molar-refractivity contribution in [2.75, 3.05) is 0 Å². The van der Waals surface area contributed by atoms with Crippen LogP contribution in [-0.4, -0.2) is 25.2 Å². The lowest BCUT2D eigenvalue weighted by Crippen LogP contribution is -2.06. The van der Waals surface area contributed by atoms with Gasteiger partial charge in [-0.25, -0.2) is 4.68 Å². The van der Waals surface area contributed by atoms with Crippen LogP contribution in [0.25, 0.3) is 11.4 Å². The number of tetrazole rings is 1. The molecule has 0 N–H and O–H groups in total. The number of benzene rings is 1. The number of hydrogen-bond donors (Lipinski definition) is 0. The first-order valence-corrected chi connectivity index (χ1v) is 7.02. The van der Waals surface area contributed by atoms with Crippen molar-refractivity contribution in [3.8, 4) is 11.4 Å². The van der Waals surface area contributed by atoms with Crippen LogP contribution in [-0.2, 0) is 6.54 Å². The first-order chi connectivity index (χ1) is 10.1. The summed E-state index contributed by atoms with van der Waals surface area (Å²) in [7, 11) is 0. The van der Waals surface area contributed by atoms with Gasteiger partial charge >= 0.3 is 0 Å². The highest BCUT2D eigenvalue weighted by atomic mass is 35.5. The van der Waals surface area contributed by atoms with Crippen LogP contribution < -0.4 is 0 Å². The number of nitrogens with zero attached hydrogens (tertiary/aromatic N) is 5. The summed E-state index contributed by atoms with van der Waals surface area (Å²) in [5.74, 6) is 0.636. The third-order valence-corrected chi connectivity index (χ3v) is 3.92. The molecule has 0 fully saturated rings. The van der Waals surface area contributed by atoms with Gasteiger partial charge in [-0.3, -0.25) is 4.98 Å². The van der Waals surface area contributed by atoms with Crippen LogP contribution in [0.1, 0.15) is 11.1 Å². The van der Waals surface area contributed by atoms with Crippen molar-refractivity contribution in [2.45, 2.75) is 13.5 Å². The van der Waals surface area contributed by atoms with Crippen molar-refractivity contribution < 1.29 is 0 Å². The van der Waals surface area contributed by atoms with E-state index in [1.807, 2.05) is 25.3 Å². The van der Waals surface area contributed by atoms with E-state index in [-0.39, 0.29) is 0 Å². The van der Waals surface area contributed by atoms with E-state index in [4.69, 9.17) is 23.2 Å². The van der Waals surface area contributed by atoms with E-state index < -0.39 is 0 Å². The molecule has 1 aromatic carbocycles. The number of halogens is 2. The van der Waals surface area contributed by atoms with Crippen molar-refractivity contribution in [3.05, 3.63) is 57.8 Å². The highest BCUT2D eigenvalue weighted by Crippen LogP contribution is 2.27. The molecular formula is C14H11Cl2N5. The Morgan fingerprint density at radius 2 is 2.00 bits per heavy atom. The monoisotopic (exact) mass is 319 g/mol. The maximum Gasteiger partial charge on any atom is 0.182 e. The second kappa shape index (κ2) is 5.79. The largest absolute Gasteiger partial charge is 0.264 e. The van der Waals surface area contributed by atoms with E-state index >= 15 is 0 Å². The van der Waals surface area contributed by atoms with Gasteiger partial charge < -0.3 is 0 Å². The van der Waals surface area contributed by atoms with Crippen LogP contribution in [0.3, 0.4) is 0 Å². The molecule has 0 aliphatic rings. The second-order valence-electron chi connectivity index (χ2n) is 4.59. The Kier molecular flexibility index (Phi) is 3.86. The first kappa shape index (κ1) is 14.0. The third-order valence-electron chi connectivity index (χ3n) is 3.18. The number of aryl methyl sites for hydroxylation is 1. The van der Waals surface area contributed by atoms with Gasteiger partial charge in [-0.2, -0.15) is 0 Å². The standard InChI is InChI=1S/C14H11Cl2N5/c1-9-4-5-17-7-11(9)8-21-14(18-19-20-21)10-2-3-12(15)13(16)6-10/h2-7H,8H2,1H3. The normalized spacial score (nSPS) is 10.8. The van der Waals surface area contributed by atoms with Crippen molar-refractivity contribution >= 4 is 23.2 Å². The van der Waals surface area contributed by atoms with E-state index in [0.29, 0.717) is 22.4 Å². The van der Waals surface area contributed by atoms with Crippen LogP contribution in [0.2, 0.25) is 10.0 Å². The molecule has 0 bridgehead atoms. The fraction of sp³-hybridized carbons (Fsp3) is 0.143. The van der Waals surface area contributed by atoms with Crippen molar-refractivity contribution in [1.29, 1.82) is 0 Å². The van der Waals surface area contributed by atoms with Gasteiger partial charge in [0, 0.05) is 18.0 Å². The Balaban J connectivity index is 1.97. The van der Waals surface area contributed by atoms with Gasteiger partial charge in [-0.1, -0.05) is 23.2 Å². The minimum absolute atomic E-state index is 0.473. The van der Waals surface area contributed by atoms with Crippen molar-refractivity contribution in [2.24, 2.45) is 0 Å². The summed E-state index contributed by atoms with van der Waals surface area (Å²) in [6.07, 6.45) is 3.58. The molecule has 0 aliphatic heterocycles. The molecule has 0 atom stereocenters. The van der Waals surface area contributed by atoms with Crippen LogP contribution >= 0.6 is 23.2 Å². The van der Waals surface area contributed by atoms with E-state index in [1.54, 1.807) is 23.0 Å². The van der Waals surface area contributed by atoms with E-state index in [1.165, 1.54) is 0 Å². The molecule has 3 rings (SSSR count). The lowest BCUT2D eigenvalue weighted by Gasteiger charge is -2.07. The fourth-order valence-corrected chi connectivity index (χ4v) is 2.27. The van der Waals surface area contributed by atoms with Crippen LogP contribution in [0.5, 0.6) is 0 Å². The average molecular weight is 320 g/mol. The SMILES string of the molecule is Cc1ccncc1Cn1nnnc1-c1ccc(Cl)c(Cl)c1. The third kappa shape index (κ3) is 2.89. The molecule has 0 radical (unpaired) electrons. The summed E-state index contributed by atoms with van der Waals surface area (Å²) < 4.78 is 1.71. The Hall–Kier alpha value is -1.98. The smallest absolute Gasteiger partial charge is 0.182 e. The van der Waals surface area contributed by atoms with Crippen LogP contribution in [0.15, 0.2) is 36.7 Å². The predicted molar refractivity (Wildman–Crippen MR) is 81.3 cm³/mol. The molecule has 3 aromatic rings. The van der Waals surface area contributed by atoms with Gasteiger partial charge in [0.2, 0.25) is 0 Å². The molecule has 0 saturated heterocycles. The minimum Gasteiger partial charge on any atom is -0.264 e. The molecule has 0 amide bonds. The van der Waals surface area contributed by atoms with E-state index in [0.717, 1.165) is 16.7 Å². The molecule has 0 spiro atoms. The quantitative estimate of drug-likeness (QED) is 0.742. The maximum atomic E-state index is 6.05. The Bertz CT molecular complexity index is 785. The maximum absolute atomic E-state index is 6.05. The zero-order valence-corrected chi connectivity index (χ0v) is 12.7. The molecule has 0 saturated carbocycles. The van der Waals surface area contributed by atoms with Gasteiger partial charge in [-0.15, -0.1) is 5.10 Å². The highest BCUT2D eigenvalue weighted by molar-refractivity contribution is 6.42. The molecule has 2 heterocycles. The molecule has 2 aromatic heterocycles. The average Bonchev–Trinajstić information content (AvgIpc) is 2.93. The number of aromatic nitrogens is 5. The Labute approximate surface area is 131 Å². The van der Waals surface area contributed by atoms with Crippen molar-refractivity contribution in [1.82, 2.24) is 25.2 Å². The van der Waals surface area contributed by atoms with E-state index in [2.05, 4.69) is 20.5 Å². The summed E-state index contributed by atoms with van der Waals surface area (Å²) in [4.78, 5) is 4.13. The molecule has 7 heteroatoms. The number of rotatable bonds is 3. The lowest BCUT2D eigenvalue weighted by atomic mass is 10.1. The number of hydrogen-bond acceptors (Lipinski definition) is 4. The van der Waals surface area contributed by atoms with Gasteiger partial charge in [0.05, 0.1) is 16.6 Å². The summed E-state index contributed by atoms with van der Waals surface area (Å²) in [5.41, 5.74) is 3.02. The first-order valence-electron chi connectivity index (χ1n) is 6.26. The number of pyridine rings is 1. The summed E-state index contributed by atoms with van der Waals surface area (Å²) in [6, 6.07) is 7.28. The minimum atomic E-state index is 0.473. The van der Waals surface area contributed by atoms with Gasteiger partial charge in [0.1, 0.15) is 0 Å². The van der Waals surface area contributed by atoms with Gasteiger partial charge in [-0.05, 0) is 52.7 Å². The Morgan fingerprint density at radius 1 is 1.14 bits per heavy atom. The topological polar surface area (TPSA) is 56.5 Å². The molecule has 0 aliphatic carbocycles. The Morgan fingerprint density at radius 3 is 2.76 bits per heavy atom. The molecule has 0 unspecified atom stereocenters. The van der Waals surface area contributed by atoms with Crippen LogP contribution in [0.4, 0.5) is 0 Å². The zero-order valence-electron chi connectivity index (χ0n) is 11.2. The second-order valence-corrected chi connectivity index (χ2v) is 5.41. The molecule has 5 nitrogen and oxygen atoms in total. The summed E-state index contributed by atoms with van der Waals surface area (Å²) in [5, 5.41) is 12.8. The highest BCUT2D eigenvalue weighted by Gasteiger charge is 2.12. The fourth-order valence-electron chi connectivity index (χ4n) is 1.98. The van der Waals surface area contributed by atoms with Crippen LogP contribution in [0, 0.1) is 6.92 Å². The lowest BCUT2D eigenvalue weighted by molar-refractivity contribution is 0.649. The predicted octanol–water partition coefficient (Wildman–Crippen LogP) is 3.40. The zero-order chi connectivity index (χ0) is 14.8. The van der Waals surface area contributed by atoms with E-state index in [9.17, 15) is 0 Å². The molecular weight excluding hydrogens is 309 g/mol. The molecule has 106 valence electrons. The van der Waals surface area contributed by atoms with Crippen molar-refractivity contribution in [3.63, 3.8) is 0 Å². The summed E-state index contributed by atoms with van der Waals surface area (Å²) >= 11 is 12.0. The van der Waals surface area contributed by atoms with Gasteiger partial charge in [0.15, 0.2) is 5.82 Å². The van der Waals surface area contributed by atoms with Gasteiger partial charge in [0.25, 0.3) is 0 Å². The summed E-state index contributed by atoms with van der Waals surface area (Å²) in [6.45, 7) is 2.57.